The number of halogens is 1. The summed E-state index contributed by atoms with van der Waals surface area (Å²) in [7, 11) is 3.68. The minimum atomic E-state index is -0.0801. The van der Waals surface area contributed by atoms with Gasteiger partial charge in [-0.2, -0.15) is 0 Å². The molecule has 7 heteroatoms. The first-order valence-corrected chi connectivity index (χ1v) is 9.86. The highest BCUT2D eigenvalue weighted by molar-refractivity contribution is 5.93. The van der Waals surface area contributed by atoms with E-state index in [0.29, 0.717) is 25.5 Å². The summed E-state index contributed by atoms with van der Waals surface area (Å²) < 4.78 is 0. The minimum absolute atomic E-state index is 0. The monoisotopic (exact) mass is 436 g/mol. The number of nitrogens with zero attached hydrogens (tertiary/aromatic N) is 3. The van der Waals surface area contributed by atoms with Crippen LogP contribution in [-0.4, -0.2) is 47.2 Å². The summed E-state index contributed by atoms with van der Waals surface area (Å²) >= 11 is 0. The Hall–Kier alpha value is -3.22. The zero-order valence-electron chi connectivity index (χ0n) is 17.5. The number of amides is 2. The molecule has 1 N–H and O–H groups in total. The molecule has 0 spiro atoms. The number of benzene rings is 2. The summed E-state index contributed by atoms with van der Waals surface area (Å²) in [5.41, 5.74) is 2.84. The Kier molecular flexibility index (Phi) is 7.05. The zero-order chi connectivity index (χ0) is 21.1. The summed E-state index contributed by atoms with van der Waals surface area (Å²) in [6.07, 6.45) is 4.99. The lowest BCUT2D eigenvalue weighted by molar-refractivity contribution is -0.125. The number of nitrogens with one attached hydrogen (secondary N) is 1. The SMILES string of the molecule is CN1CC(=O)Nc2ncc(C=CC(=O)N(C)Cc3ccc4ccccc4c3)cc2C1.Cl. The van der Waals surface area contributed by atoms with E-state index in [1.165, 1.54) is 10.8 Å². The molecule has 1 aromatic heterocycles. The van der Waals surface area contributed by atoms with Gasteiger partial charge in [0.15, 0.2) is 0 Å². The number of pyridine rings is 1. The second kappa shape index (κ2) is 9.73. The maximum atomic E-state index is 12.6. The van der Waals surface area contributed by atoms with Crippen molar-refractivity contribution in [3.8, 4) is 0 Å². The zero-order valence-corrected chi connectivity index (χ0v) is 18.4. The van der Waals surface area contributed by atoms with Crippen LogP contribution in [0.4, 0.5) is 5.82 Å². The molecule has 0 radical (unpaired) electrons. The third-order valence-corrected chi connectivity index (χ3v) is 5.13. The summed E-state index contributed by atoms with van der Waals surface area (Å²) in [4.78, 5) is 32.3. The van der Waals surface area contributed by atoms with Gasteiger partial charge in [-0.15, -0.1) is 12.4 Å². The highest BCUT2D eigenvalue weighted by Gasteiger charge is 2.17. The normalized spacial score (nSPS) is 13.9. The molecular weight excluding hydrogens is 412 g/mol. The van der Waals surface area contributed by atoms with E-state index in [9.17, 15) is 9.59 Å². The average Bonchev–Trinajstić information content (AvgIpc) is 2.87. The number of hydrogen-bond acceptors (Lipinski definition) is 4. The van der Waals surface area contributed by atoms with Gasteiger partial charge in [0.25, 0.3) is 0 Å². The highest BCUT2D eigenvalue weighted by atomic mass is 35.5. The molecule has 2 amide bonds. The Morgan fingerprint density at radius 1 is 1.16 bits per heavy atom. The van der Waals surface area contributed by atoms with E-state index in [-0.39, 0.29) is 24.2 Å². The number of aromatic nitrogens is 1. The molecule has 0 saturated heterocycles. The Bertz CT molecular complexity index is 1150. The molecule has 6 nitrogen and oxygen atoms in total. The van der Waals surface area contributed by atoms with Crippen molar-refractivity contribution < 1.29 is 9.59 Å². The van der Waals surface area contributed by atoms with Gasteiger partial charge < -0.3 is 10.2 Å². The molecule has 0 unspecified atom stereocenters. The largest absolute Gasteiger partial charge is 0.338 e. The molecule has 2 aromatic carbocycles. The summed E-state index contributed by atoms with van der Waals surface area (Å²) in [6.45, 7) is 1.49. The molecule has 0 bridgehead atoms. The lowest BCUT2D eigenvalue weighted by Crippen LogP contribution is -2.26. The standard InChI is InChI=1S/C24H24N4O2.ClH/c1-27-15-21-11-17(13-25-24(21)26-22(29)16-27)8-10-23(30)28(2)14-18-7-9-19-5-3-4-6-20(19)12-18;/h3-13H,14-16H2,1-2H3,(H,25,26,29);1H. The van der Waals surface area contributed by atoms with E-state index in [2.05, 4.69) is 40.6 Å². The van der Waals surface area contributed by atoms with Crippen LogP contribution in [0, 0.1) is 0 Å². The van der Waals surface area contributed by atoms with Crippen LogP contribution in [0.5, 0.6) is 0 Å². The molecule has 2 heterocycles. The van der Waals surface area contributed by atoms with E-state index in [4.69, 9.17) is 0 Å². The maximum absolute atomic E-state index is 12.6. The van der Waals surface area contributed by atoms with Crippen molar-refractivity contribution in [1.82, 2.24) is 14.8 Å². The number of fused-ring (bicyclic) bond motifs is 2. The van der Waals surface area contributed by atoms with Crippen molar-refractivity contribution in [1.29, 1.82) is 0 Å². The van der Waals surface area contributed by atoms with Crippen molar-refractivity contribution >= 4 is 46.9 Å². The van der Waals surface area contributed by atoms with Crippen LogP contribution in [0.2, 0.25) is 0 Å². The fourth-order valence-electron chi connectivity index (χ4n) is 3.60. The number of carbonyl (C=O) groups is 2. The first-order valence-electron chi connectivity index (χ1n) is 9.86. The summed E-state index contributed by atoms with van der Waals surface area (Å²) in [5, 5.41) is 5.17. The van der Waals surface area contributed by atoms with Crippen molar-refractivity contribution in [2.75, 3.05) is 26.0 Å². The first-order chi connectivity index (χ1) is 14.5. The second-order valence-electron chi connectivity index (χ2n) is 7.71. The van der Waals surface area contributed by atoms with Crippen LogP contribution >= 0.6 is 12.4 Å². The van der Waals surface area contributed by atoms with Gasteiger partial charge in [0, 0.05) is 38.0 Å². The Morgan fingerprint density at radius 2 is 1.94 bits per heavy atom. The highest BCUT2D eigenvalue weighted by Crippen LogP contribution is 2.20. The van der Waals surface area contributed by atoms with Crippen molar-refractivity contribution in [3.05, 3.63) is 77.5 Å². The fraction of sp³-hybridized carbons (Fsp3) is 0.208. The van der Waals surface area contributed by atoms with Gasteiger partial charge in [0.1, 0.15) is 5.82 Å². The van der Waals surface area contributed by atoms with Gasteiger partial charge >= 0.3 is 0 Å². The molecular formula is C24H25ClN4O2. The molecule has 0 atom stereocenters. The topological polar surface area (TPSA) is 65.5 Å². The average molecular weight is 437 g/mol. The Balaban J connectivity index is 0.00000272. The first kappa shape index (κ1) is 22.5. The van der Waals surface area contributed by atoms with Crippen LogP contribution in [-0.2, 0) is 22.7 Å². The number of hydrogen-bond donors (Lipinski definition) is 1. The van der Waals surface area contributed by atoms with E-state index < -0.39 is 0 Å². The van der Waals surface area contributed by atoms with Gasteiger partial charge in [0.05, 0.1) is 6.54 Å². The number of anilines is 1. The molecule has 160 valence electrons. The third-order valence-electron chi connectivity index (χ3n) is 5.13. The molecule has 1 aliphatic rings. The Morgan fingerprint density at radius 3 is 2.74 bits per heavy atom. The quantitative estimate of drug-likeness (QED) is 0.633. The molecule has 0 fully saturated rings. The van der Waals surface area contributed by atoms with Gasteiger partial charge in [-0.25, -0.2) is 4.98 Å². The lowest BCUT2D eigenvalue weighted by atomic mass is 10.1. The molecule has 0 aliphatic carbocycles. The van der Waals surface area contributed by atoms with Crippen LogP contribution in [0.1, 0.15) is 16.7 Å². The van der Waals surface area contributed by atoms with Gasteiger partial charge in [0.2, 0.25) is 11.8 Å². The third kappa shape index (κ3) is 5.48. The molecule has 1 aliphatic heterocycles. The lowest BCUT2D eigenvalue weighted by Gasteiger charge is -2.15. The van der Waals surface area contributed by atoms with Gasteiger partial charge in [-0.3, -0.25) is 14.5 Å². The van der Waals surface area contributed by atoms with E-state index >= 15 is 0 Å². The second-order valence-corrected chi connectivity index (χ2v) is 7.71. The van der Waals surface area contributed by atoms with E-state index in [0.717, 1.165) is 16.7 Å². The maximum Gasteiger partial charge on any atom is 0.246 e. The van der Waals surface area contributed by atoms with Crippen molar-refractivity contribution in [3.63, 3.8) is 0 Å². The van der Waals surface area contributed by atoms with E-state index in [1.807, 2.05) is 30.1 Å². The number of rotatable bonds is 4. The summed E-state index contributed by atoms with van der Waals surface area (Å²) in [5.74, 6) is 0.433. The van der Waals surface area contributed by atoms with Crippen LogP contribution in [0.25, 0.3) is 16.8 Å². The van der Waals surface area contributed by atoms with Gasteiger partial charge in [-0.1, -0.05) is 36.4 Å². The minimum Gasteiger partial charge on any atom is -0.338 e. The predicted molar refractivity (Wildman–Crippen MR) is 126 cm³/mol. The van der Waals surface area contributed by atoms with Crippen LogP contribution in [0.3, 0.4) is 0 Å². The van der Waals surface area contributed by atoms with Crippen LogP contribution in [0.15, 0.2) is 60.8 Å². The van der Waals surface area contributed by atoms with Crippen molar-refractivity contribution in [2.24, 2.45) is 0 Å². The Labute approximate surface area is 188 Å². The molecule has 3 aromatic rings. The van der Waals surface area contributed by atoms with Crippen molar-refractivity contribution in [2.45, 2.75) is 13.1 Å². The number of likely N-dealkylation sites (N-methyl/N-ethyl adjacent to an activating group) is 2. The number of carbonyl (C=O) groups excluding carboxylic acids is 2. The van der Waals surface area contributed by atoms with Crippen LogP contribution < -0.4 is 5.32 Å². The van der Waals surface area contributed by atoms with E-state index in [1.54, 1.807) is 30.3 Å². The van der Waals surface area contributed by atoms with Gasteiger partial charge in [-0.05, 0) is 47.2 Å². The fourth-order valence-corrected chi connectivity index (χ4v) is 3.60. The summed E-state index contributed by atoms with van der Waals surface area (Å²) in [6, 6.07) is 16.4. The molecule has 31 heavy (non-hydrogen) atoms. The predicted octanol–water partition coefficient (Wildman–Crippen LogP) is 3.71. The molecule has 0 saturated carbocycles. The smallest absolute Gasteiger partial charge is 0.246 e. The molecule has 4 rings (SSSR count).